The highest BCUT2D eigenvalue weighted by atomic mass is 32.2. The fourth-order valence-electron chi connectivity index (χ4n) is 2.51. The molecule has 0 saturated carbocycles. The lowest BCUT2D eigenvalue weighted by molar-refractivity contribution is -0.131. The summed E-state index contributed by atoms with van der Waals surface area (Å²) in [6.07, 6.45) is 2.48. The Labute approximate surface area is 135 Å². The van der Waals surface area contributed by atoms with E-state index in [0.717, 1.165) is 0 Å². The maximum absolute atomic E-state index is 12.2. The van der Waals surface area contributed by atoms with Gasteiger partial charge in [-0.2, -0.15) is 0 Å². The summed E-state index contributed by atoms with van der Waals surface area (Å²) in [6.45, 7) is 1.97. The van der Waals surface area contributed by atoms with Gasteiger partial charge in [0.2, 0.25) is 15.9 Å². The van der Waals surface area contributed by atoms with Crippen LogP contribution in [-0.4, -0.2) is 62.0 Å². The number of furan rings is 1. The Morgan fingerprint density at radius 3 is 2.52 bits per heavy atom. The molecule has 23 heavy (non-hydrogen) atoms. The zero-order valence-electron chi connectivity index (χ0n) is 12.8. The van der Waals surface area contributed by atoms with Crippen LogP contribution in [0.15, 0.2) is 22.8 Å². The second kappa shape index (κ2) is 7.60. The van der Waals surface area contributed by atoms with Crippen LogP contribution < -0.4 is 5.14 Å². The van der Waals surface area contributed by atoms with Gasteiger partial charge in [-0.3, -0.25) is 9.59 Å². The van der Waals surface area contributed by atoms with Crippen LogP contribution in [0, 0.1) is 0 Å². The second-order valence-electron chi connectivity index (χ2n) is 5.47. The molecule has 2 heterocycles. The maximum atomic E-state index is 12.2. The molecule has 0 atom stereocenters. The van der Waals surface area contributed by atoms with Gasteiger partial charge in [-0.15, -0.1) is 0 Å². The topological polar surface area (TPSA) is 114 Å². The fraction of sp³-hybridized carbons (Fsp3) is 0.571. The molecule has 0 unspecified atom stereocenters. The highest BCUT2D eigenvalue weighted by Crippen LogP contribution is 2.11. The molecule has 1 saturated heterocycles. The van der Waals surface area contributed by atoms with Crippen LogP contribution in [-0.2, 0) is 14.8 Å². The normalized spacial score (nSPS) is 16.2. The highest BCUT2D eigenvalue weighted by Gasteiger charge is 2.24. The number of hydrogen-bond donors (Lipinski definition) is 1. The Bertz CT molecular complexity index is 641. The van der Waals surface area contributed by atoms with Crippen molar-refractivity contribution in [3.63, 3.8) is 0 Å². The van der Waals surface area contributed by atoms with Crippen molar-refractivity contribution in [3.8, 4) is 0 Å². The highest BCUT2D eigenvalue weighted by molar-refractivity contribution is 7.89. The van der Waals surface area contributed by atoms with Crippen LogP contribution in [0.5, 0.6) is 0 Å². The summed E-state index contributed by atoms with van der Waals surface area (Å²) in [6, 6.07) is 3.27. The van der Waals surface area contributed by atoms with Gasteiger partial charge in [-0.1, -0.05) is 0 Å². The van der Waals surface area contributed by atoms with E-state index < -0.39 is 10.0 Å². The van der Waals surface area contributed by atoms with E-state index in [1.165, 1.54) is 6.26 Å². The molecule has 0 spiro atoms. The smallest absolute Gasteiger partial charge is 0.289 e. The van der Waals surface area contributed by atoms with E-state index >= 15 is 0 Å². The molecule has 2 amide bonds. The summed E-state index contributed by atoms with van der Waals surface area (Å²) in [5.41, 5.74) is 0. The first-order chi connectivity index (χ1) is 10.9. The number of primary sulfonamides is 1. The molecule has 1 aromatic rings. The third-order valence-electron chi connectivity index (χ3n) is 3.69. The second-order valence-corrected chi connectivity index (χ2v) is 7.21. The predicted octanol–water partition coefficient (Wildman–Crippen LogP) is 0.0228. The average Bonchev–Trinajstić information content (AvgIpc) is 2.89. The Balaban J connectivity index is 1.83. The summed E-state index contributed by atoms with van der Waals surface area (Å²) in [5.74, 6) is -0.201. The van der Waals surface area contributed by atoms with Gasteiger partial charge in [0.15, 0.2) is 5.76 Å². The minimum absolute atomic E-state index is 0.110. The van der Waals surface area contributed by atoms with Crippen LogP contribution in [0.25, 0.3) is 0 Å². The van der Waals surface area contributed by atoms with E-state index in [2.05, 4.69) is 0 Å². The van der Waals surface area contributed by atoms with Crippen molar-refractivity contribution in [1.82, 2.24) is 9.80 Å². The van der Waals surface area contributed by atoms with Gasteiger partial charge in [0, 0.05) is 32.6 Å². The van der Waals surface area contributed by atoms with Gasteiger partial charge < -0.3 is 14.2 Å². The first-order valence-corrected chi connectivity index (χ1v) is 9.19. The molecular weight excluding hydrogens is 322 g/mol. The first kappa shape index (κ1) is 17.5. The molecule has 0 aliphatic carbocycles. The van der Waals surface area contributed by atoms with Crippen molar-refractivity contribution < 1.29 is 22.4 Å². The van der Waals surface area contributed by atoms with Crippen molar-refractivity contribution in [2.75, 3.05) is 31.9 Å². The summed E-state index contributed by atoms with van der Waals surface area (Å²) in [7, 11) is -3.54. The summed E-state index contributed by atoms with van der Waals surface area (Å²) in [4.78, 5) is 27.7. The third-order valence-corrected chi connectivity index (χ3v) is 4.54. The Morgan fingerprint density at radius 1 is 1.17 bits per heavy atom. The van der Waals surface area contributed by atoms with E-state index in [9.17, 15) is 18.0 Å². The molecule has 9 heteroatoms. The van der Waals surface area contributed by atoms with Crippen LogP contribution in [0.3, 0.4) is 0 Å². The number of nitrogens with two attached hydrogens (primary N) is 1. The van der Waals surface area contributed by atoms with Crippen molar-refractivity contribution in [1.29, 1.82) is 0 Å². The minimum Gasteiger partial charge on any atom is -0.459 e. The first-order valence-electron chi connectivity index (χ1n) is 7.48. The van der Waals surface area contributed by atoms with Gasteiger partial charge in [0.1, 0.15) is 0 Å². The summed E-state index contributed by atoms with van der Waals surface area (Å²) >= 11 is 0. The largest absolute Gasteiger partial charge is 0.459 e. The fourth-order valence-corrected chi connectivity index (χ4v) is 3.06. The maximum Gasteiger partial charge on any atom is 0.289 e. The number of nitrogens with zero attached hydrogens (tertiary/aromatic N) is 2. The Kier molecular flexibility index (Phi) is 5.78. The number of sulfonamides is 1. The average molecular weight is 343 g/mol. The van der Waals surface area contributed by atoms with Gasteiger partial charge in [-0.05, 0) is 25.0 Å². The molecule has 128 valence electrons. The van der Waals surface area contributed by atoms with E-state index in [4.69, 9.17) is 9.56 Å². The summed E-state index contributed by atoms with van der Waals surface area (Å²) in [5, 5.41) is 4.92. The van der Waals surface area contributed by atoms with E-state index in [0.29, 0.717) is 32.6 Å². The zero-order chi connectivity index (χ0) is 16.9. The number of carbonyl (C=O) groups is 2. The number of amides is 2. The molecule has 0 aromatic carbocycles. The molecule has 1 aliphatic rings. The molecule has 1 aromatic heterocycles. The van der Waals surface area contributed by atoms with Crippen LogP contribution >= 0.6 is 0 Å². The van der Waals surface area contributed by atoms with Crippen molar-refractivity contribution in [3.05, 3.63) is 24.2 Å². The van der Waals surface area contributed by atoms with E-state index in [1.807, 2.05) is 0 Å². The van der Waals surface area contributed by atoms with Crippen LogP contribution in [0.2, 0.25) is 0 Å². The Hall–Kier alpha value is -1.87. The minimum atomic E-state index is -3.54. The lowest BCUT2D eigenvalue weighted by Crippen LogP contribution is -2.37. The van der Waals surface area contributed by atoms with Gasteiger partial charge >= 0.3 is 0 Å². The van der Waals surface area contributed by atoms with Crippen LogP contribution in [0.4, 0.5) is 0 Å². The number of hydrogen-bond acceptors (Lipinski definition) is 5. The molecular formula is C14H21N3O5S. The monoisotopic (exact) mass is 343 g/mol. The number of rotatable bonds is 5. The quantitative estimate of drug-likeness (QED) is 0.810. The standard InChI is InChI=1S/C14H21N3O5S/c15-23(20,21)11-2-5-13(18)16-6-3-7-17(9-8-16)14(19)12-4-1-10-22-12/h1,4,10H,2-3,5-9,11H2,(H2,15,20,21). The summed E-state index contributed by atoms with van der Waals surface area (Å²) < 4.78 is 26.9. The molecule has 2 N–H and O–H groups in total. The molecule has 8 nitrogen and oxygen atoms in total. The van der Waals surface area contributed by atoms with Crippen molar-refractivity contribution in [2.24, 2.45) is 5.14 Å². The zero-order valence-corrected chi connectivity index (χ0v) is 13.6. The molecule has 0 bridgehead atoms. The van der Waals surface area contributed by atoms with Crippen LogP contribution in [0.1, 0.15) is 29.8 Å². The van der Waals surface area contributed by atoms with Crippen molar-refractivity contribution in [2.45, 2.75) is 19.3 Å². The molecule has 0 radical (unpaired) electrons. The molecule has 1 fully saturated rings. The van der Waals surface area contributed by atoms with E-state index in [1.54, 1.807) is 21.9 Å². The molecule has 1 aliphatic heterocycles. The van der Waals surface area contributed by atoms with E-state index in [-0.39, 0.29) is 36.2 Å². The van der Waals surface area contributed by atoms with Crippen molar-refractivity contribution >= 4 is 21.8 Å². The SMILES string of the molecule is NS(=O)(=O)CCCC(=O)N1CCCN(C(=O)c2ccco2)CC1. The predicted molar refractivity (Wildman–Crippen MR) is 83.0 cm³/mol. The van der Waals surface area contributed by atoms with Gasteiger partial charge in [0.05, 0.1) is 12.0 Å². The molecule has 2 rings (SSSR count). The lowest BCUT2D eigenvalue weighted by atomic mass is 10.3. The van der Waals surface area contributed by atoms with Gasteiger partial charge in [0.25, 0.3) is 5.91 Å². The Morgan fingerprint density at radius 2 is 1.87 bits per heavy atom. The third kappa shape index (κ3) is 5.36. The van der Waals surface area contributed by atoms with Gasteiger partial charge in [-0.25, -0.2) is 13.6 Å². The number of carbonyl (C=O) groups excluding carboxylic acids is 2. The lowest BCUT2D eigenvalue weighted by Gasteiger charge is -2.21.